The molecule has 5 nitrogen and oxygen atoms in total. The molecule has 2 saturated heterocycles. The number of aliphatic carboxylic acids is 1. The monoisotopic (exact) mass is 272 g/mol. The lowest BCUT2D eigenvalue weighted by molar-refractivity contribution is -0.143. The summed E-state index contributed by atoms with van der Waals surface area (Å²) in [5, 5.41) is 9.18. The Morgan fingerprint density at radius 2 is 2.25 bits per heavy atom. The van der Waals surface area contributed by atoms with Gasteiger partial charge in [0.25, 0.3) is 0 Å². The van der Waals surface area contributed by atoms with Gasteiger partial charge in [-0.15, -0.1) is 0 Å². The van der Waals surface area contributed by atoms with E-state index in [-0.39, 0.29) is 18.0 Å². The molecule has 2 aliphatic heterocycles. The molecule has 3 atom stereocenters. The van der Waals surface area contributed by atoms with Crippen LogP contribution in [0.2, 0.25) is 0 Å². The van der Waals surface area contributed by atoms with Gasteiger partial charge in [0.2, 0.25) is 5.91 Å². The van der Waals surface area contributed by atoms with Crippen LogP contribution in [-0.2, 0) is 9.59 Å². The number of aromatic nitrogens is 1. The van der Waals surface area contributed by atoms with E-state index in [2.05, 4.69) is 4.98 Å². The highest BCUT2D eigenvalue weighted by atomic mass is 16.4. The van der Waals surface area contributed by atoms with E-state index < -0.39 is 11.9 Å². The van der Waals surface area contributed by atoms with Crippen molar-refractivity contribution in [2.75, 3.05) is 0 Å². The standard InChI is InChI=1S/C15H16N2O3/c18-14(6-3-10-2-1-7-16-9-10)17-11-4-5-13(17)12(8-11)15(19)20/h1-3,6-7,9,11-13H,4-5,8H2,(H,19,20). The molecule has 1 aromatic rings. The number of hydrogen-bond donors (Lipinski definition) is 1. The molecule has 2 aliphatic rings. The second-order valence-electron chi connectivity index (χ2n) is 5.34. The SMILES string of the molecule is O=C(O)C1CC2CCC1N2C(=O)C=Cc1cccnc1. The number of carbonyl (C=O) groups excluding carboxylic acids is 1. The molecule has 0 saturated carbocycles. The summed E-state index contributed by atoms with van der Waals surface area (Å²) in [4.78, 5) is 29.2. The van der Waals surface area contributed by atoms with E-state index in [4.69, 9.17) is 0 Å². The van der Waals surface area contributed by atoms with Gasteiger partial charge in [0.05, 0.1) is 5.92 Å². The van der Waals surface area contributed by atoms with Crippen molar-refractivity contribution in [2.24, 2.45) is 5.92 Å². The van der Waals surface area contributed by atoms with Gasteiger partial charge in [-0.2, -0.15) is 0 Å². The Morgan fingerprint density at radius 3 is 2.90 bits per heavy atom. The first-order chi connectivity index (χ1) is 9.66. The minimum atomic E-state index is -0.786. The lowest BCUT2D eigenvalue weighted by atomic mass is 9.89. The maximum Gasteiger partial charge on any atom is 0.308 e. The lowest BCUT2D eigenvalue weighted by Gasteiger charge is -2.21. The Bertz CT molecular complexity index is 555. The molecule has 2 bridgehead atoms. The molecule has 0 aromatic carbocycles. The van der Waals surface area contributed by atoms with Crippen molar-refractivity contribution in [3.05, 3.63) is 36.2 Å². The predicted molar refractivity (Wildman–Crippen MR) is 72.7 cm³/mol. The van der Waals surface area contributed by atoms with Gasteiger partial charge in [-0.1, -0.05) is 6.07 Å². The van der Waals surface area contributed by atoms with Crippen molar-refractivity contribution >= 4 is 18.0 Å². The largest absolute Gasteiger partial charge is 0.481 e. The van der Waals surface area contributed by atoms with Gasteiger partial charge in [0.1, 0.15) is 0 Å². The van der Waals surface area contributed by atoms with E-state index in [0.717, 1.165) is 18.4 Å². The van der Waals surface area contributed by atoms with Crippen LogP contribution < -0.4 is 0 Å². The summed E-state index contributed by atoms with van der Waals surface area (Å²) in [6.45, 7) is 0. The van der Waals surface area contributed by atoms with Crippen LogP contribution in [0.5, 0.6) is 0 Å². The molecule has 20 heavy (non-hydrogen) atoms. The van der Waals surface area contributed by atoms with Crippen LogP contribution in [0.25, 0.3) is 6.08 Å². The number of fused-ring (bicyclic) bond motifs is 2. The molecule has 3 unspecified atom stereocenters. The van der Waals surface area contributed by atoms with E-state index in [1.807, 2.05) is 12.1 Å². The Kier molecular flexibility index (Phi) is 3.26. The number of carbonyl (C=O) groups is 2. The van der Waals surface area contributed by atoms with Crippen LogP contribution in [0, 0.1) is 5.92 Å². The van der Waals surface area contributed by atoms with E-state index in [0.29, 0.717) is 6.42 Å². The van der Waals surface area contributed by atoms with Crippen LogP contribution in [0.1, 0.15) is 24.8 Å². The van der Waals surface area contributed by atoms with Crippen LogP contribution in [0.4, 0.5) is 0 Å². The fraction of sp³-hybridized carbons (Fsp3) is 0.400. The zero-order valence-electron chi connectivity index (χ0n) is 11.0. The molecule has 104 valence electrons. The van der Waals surface area contributed by atoms with Crippen LogP contribution in [-0.4, -0.2) is 39.0 Å². The molecular weight excluding hydrogens is 256 g/mol. The summed E-state index contributed by atoms with van der Waals surface area (Å²) >= 11 is 0. The van der Waals surface area contributed by atoms with Crippen molar-refractivity contribution in [3.8, 4) is 0 Å². The topological polar surface area (TPSA) is 70.5 Å². The number of nitrogens with zero attached hydrogens (tertiary/aromatic N) is 2. The first-order valence-corrected chi connectivity index (χ1v) is 6.80. The van der Waals surface area contributed by atoms with E-state index in [1.54, 1.807) is 23.4 Å². The van der Waals surface area contributed by atoms with E-state index in [9.17, 15) is 14.7 Å². The highest BCUT2D eigenvalue weighted by Gasteiger charge is 2.50. The number of carboxylic acids is 1. The molecule has 3 rings (SSSR count). The summed E-state index contributed by atoms with van der Waals surface area (Å²) in [7, 11) is 0. The Balaban J connectivity index is 1.72. The molecule has 1 N–H and O–H groups in total. The molecule has 1 amide bonds. The fourth-order valence-electron chi connectivity index (χ4n) is 3.33. The maximum atomic E-state index is 12.3. The van der Waals surface area contributed by atoms with Gasteiger partial charge in [-0.3, -0.25) is 14.6 Å². The zero-order valence-corrected chi connectivity index (χ0v) is 11.0. The third kappa shape index (κ3) is 2.19. The van der Waals surface area contributed by atoms with Crippen LogP contribution in [0.15, 0.2) is 30.6 Å². The minimum absolute atomic E-state index is 0.0900. The summed E-state index contributed by atoms with van der Waals surface area (Å²) in [5.74, 6) is -1.28. The lowest BCUT2D eigenvalue weighted by Crippen LogP contribution is -2.36. The quantitative estimate of drug-likeness (QED) is 0.848. The Labute approximate surface area is 116 Å². The highest BCUT2D eigenvalue weighted by Crippen LogP contribution is 2.41. The number of rotatable bonds is 3. The van der Waals surface area contributed by atoms with Gasteiger partial charge >= 0.3 is 5.97 Å². The average molecular weight is 272 g/mol. The van der Waals surface area contributed by atoms with Gasteiger partial charge < -0.3 is 10.0 Å². The van der Waals surface area contributed by atoms with E-state index >= 15 is 0 Å². The predicted octanol–water partition coefficient (Wildman–Crippen LogP) is 1.56. The normalized spacial score (nSPS) is 28.2. The molecule has 2 fully saturated rings. The van der Waals surface area contributed by atoms with Gasteiger partial charge in [-0.25, -0.2) is 0 Å². The molecular formula is C15H16N2O3. The van der Waals surface area contributed by atoms with Crippen molar-refractivity contribution in [2.45, 2.75) is 31.3 Å². The summed E-state index contributed by atoms with van der Waals surface area (Å²) < 4.78 is 0. The van der Waals surface area contributed by atoms with Gasteiger partial charge in [0.15, 0.2) is 0 Å². The van der Waals surface area contributed by atoms with Crippen molar-refractivity contribution in [1.29, 1.82) is 0 Å². The number of hydrogen-bond acceptors (Lipinski definition) is 3. The molecule has 0 spiro atoms. The van der Waals surface area contributed by atoms with Gasteiger partial charge in [-0.05, 0) is 37.0 Å². The first kappa shape index (κ1) is 12.8. The zero-order chi connectivity index (χ0) is 14.1. The second kappa shape index (κ2) is 5.07. The van der Waals surface area contributed by atoms with Crippen LogP contribution in [0.3, 0.4) is 0 Å². The average Bonchev–Trinajstić information content (AvgIpc) is 3.03. The second-order valence-corrected chi connectivity index (χ2v) is 5.34. The summed E-state index contributed by atoms with van der Waals surface area (Å²) in [6, 6.07) is 3.63. The van der Waals surface area contributed by atoms with Crippen molar-refractivity contribution in [3.63, 3.8) is 0 Å². The Morgan fingerprint density at radius 1 is 1.40 bits per heavy atom. The molecule has 5 heteroatoms. The summed E-state index contributed by atoms with van der Waals surface area (Å²) in [5.41, 5.74) is 0.863. The molecule has 1 aromatic heterocycles. The number of pyridine rings is 1. The van der Waals surface area contributed by atoms with E-state index in [1.165, 1.54) is 6.08 Å². The molecule has 0 radical (unpaired) electrons. The third-order valence-corrected chi connectivity index (χ3v) is 4.21. The molecule has 3 heterocycles. The van der Waals surface area contributed by atoms with Crippen molar-refractivity contribution < 1.29 is 14.7 Å². The number of carboxylic acid groups (broad SMARTS) is 1. The van der Waals surface area contributed by atoms with Crippen molar-refractivity contribution in [1.82, 2.24) is 9.88 Å². The summed E-state index contributed by atoms with van der Waals surface area (Å²) in [6.07, 6.45) is 8.91. The minimum Gasteiger partial charge on any atom is -0.481 e. The van der Waals surface area contributed by atoms with Crippen LogP contribution >= 0.6 is 0 Å². The highest BCUT2D eigenvalue weighted by molar-refractivity contribution is 5.93. The maximum absolute atomic E-state index is 12.3. The smallest absolute Gasteiger partial charge is 0.308 e. The fourth-order valence-corrected chi connectivity index (χ4v) is 3.33. The Hall–Kier alpha value is -2.17. The molecule has 0 aliphatic carbocycles. The number of amides is 1. The van der Waals surface area contributed by atoms with Gasteiger partial charge in [0, 0.05) is 30.6 Å². The third-order valence-electron chi connectivity index (χ3n) is 4.21. The first-order valence-electron chi connectivity index (χ1n) is 6.80.